The topological polar surface area (TPSA) is 114 Å². The van der Waals surface area contributed by atoms with Gasteiger partial charge in [-0.3, -0.25) is 9.59 Å². The zero-order valence-corrected chi connectivity index (χ0v) is 15.3. The number of carbonyl (C=O) groups is 1. The molecule has 2 aromatic heterocycles. The van der Waals surface area contributed by atoms with E-state index in [2.05, 4.69) is 20.3 Å². The van der Waals surface area contributed by atoms with E-state index in [1.165, 1.54) is 12.1 Å². The highest BCUT2D eigenvalue weighted by Crippen LogP contribution is 2.42. The zero-order valence-electron chi connectivity index (χ0n) is 15.3. The summed E-state index contributed by atoms with van der Waals surface area (Å²) in [6.07, 6.45) is 4.47. The molecule has 1 saturated carbocycles. The van der Waals surface area contributed by atoms with Crippen LogP contribution in [0.5, 0.6) is 0 Å². The molecule has 2 fully saturated rings. The van der Waals surface area contributed by atoms with Crippen LogP contribution in [-0.2, 0) is 10.2 Å². The molecule has 0 spiro atoms. The lowest BCUT2D eigenvalue weighted by Crippen LogP contribution is -2.46. The molecule has 0 aromatic carbocycles. The number of likely N-dealkylation sites (tertiary alicyclic amines) is 1. The van der Waals surface area contributed by atoms with Gasteiger partial charge in [0.2, 0.25) is 5.89 Å². The van der Waals surface area contributed by atoms with Crippen LogP contribution in [0, 0.1) is 0 Å². The average molecular weight is 373 g/mol. The Morgan fingerprint density at radius 2 is 2.15 bits per heavy atom. The summed E-state index contributed by atoms with van der Waals surface area (Å²) in [7, 11) is 1.68. The highest BCUT2D eigenvalue weighted by molar-refractivity contribution is 5.92. The van der Waals surface area contributed by atoms with Gasteiger partial charge in [-0.05, 0) is 38.2 Å². The van der Waals surface area contributed by atoms with Gasteiger partial charge in [-0.2, -0.15) is 10.1 Å². The van der Waals surface area contributed by atoms with Crippen molar-refractivity contribution in [1.82, 2.24) is 25.2 Å². The number of hydrogen-bond donors (Lipinski definition) is 1. The monoisotopic (exact) mass is 373 g/mol. The minimum absolute atomic E-state index is 0.182. The van der Waals surface area contributed by atoms with E-state index in [4.69, 9.17) is 9.26 Å². The number of nitrogens with one attached hydrogen (secondary N) is 1. The third-order valence-corrected chi connectivity index (χ3v) is 5.53. The van der Waals surface area contributed by atoms with Gasteiger partial charge in [0, 0.05) is 44.2 Å². The van der Waals surface area contributed by atoms with E-state index in [-0.39, 0.29) is 22.6 Å². The van der Waals surface area contributed by atoms with Crippen molar-refractivity contribution in [1.29, 1.82) is 0 Å². The lowest BCUT2D eigenvalue weighted by molar-refractivity contribution is 0.0609. The van der Waals surface area contributed by atoms with Gasteiger partial charge in [0.05, 0.1) is 0 Å². The number of nitrogens with zero attached hydrogens (tertiary/aromatic N) is 4. The number of hydrogen-bond acceptors (Lipinski definition) is 7. The third kappa shape index (κ3) is 3.64. The molecular weight excluding hydrogens is 350 g/mol. The quantitative estimate of drug-likeness (QED) is 0.810. The van der Waals surface area contributed by atoms with Crippen molar-refractivity contribution in [2.75, 3.05) is 26.8 Å². The van der Waals surface area contributed by atoms with Crippen molar-refractivity contribution >= 4 is 5.91 Å². The van der Waals surface area contributed by atoms with Crippen LogP contribution in [0.3, 0.4) is 0 Å². The standard InChI is InChI=1S/C18H23N5O4/c1-26-11-8-18(17-19-15(27-22-17)12-2-3-12)6-9-23(10-7-18)16(25)13-4-5-14(24)21-20-13/h4-5,12H,2-3,6-11H2,1H3,(H,21,24). The fraction of sp³-hybridized carbons (Fsp3) is 0.611. The van der Waals surface area contributed by atoms with Gasteiger partial charge in [0.1, 0.15) is 5.69 Å². The van der Waals surface area contributed by atoms with E-state index < -0.39 is 0 Å². The SMILES string of the molecule is COCCC1(c2noc(C3CC3)n2)CCN(C(=O)c2ccc(=O)[nH]n2)CC1. The second-order valence-electron chi connectivity index (χ2n) is 7.35. The van der Waals surface area contributed by atoms with Crippen molar-refractivity contribution in [3.8, 4) is 0 Å². The summed E-state index contributed by atoms with van der Waals surface area (Å²) < 4.78 is 10.8. The van der Waals surface area contributed by atoms with E-state index in [1.807, 2.05) is 0 Å². The molecule has 144 valence electrons. The van der Waals surface area contributed by atoms with Crippen LogP contribution >= 0.6 is 0 Å². The van der Waals surface area contributed by atoms with Crippen molar-refractivity contribution < 1.29 is 14.1 Å². The van der Waals surface area contributed by atoms with Crippen LogP contribution < -0.4 is 5.56 Å². The second kappa shape index (κ2) is 7.22. The predicted octanol–water partition coefficient (Wildman–Crippen LogP) is 1.24. The number of carbonyl (C=O) groups excluding carboxylic acids is 1. The molecule has 4 rings (SSSR count). The van der Waals surface area contributed by atoms with Crippen molar-refractivity contribution in [3.05, 3.63) is 39.9 Å². The number of ether oxygens (including phenoxy) is 1. The van der Waals surface area contributed by atoms with Crippen molar-refractivity contribution in [2.24, 2.45) is 0 Å². The molecule has 0 atom stereocenters. The van der Waals surface area contributed by atoms with Gasteiger partial charge in [0.15, 0.2) is 5.82 Å². The lowest BCUT2D eigenvalue weighted by atomic mass is 9.75. The molecule has 3 heterocycles. The normalized spacial score (nSPS) is 19.2. The molecule has 1 amide bonds. The summed E-state index contributed by atoms with van der Waals surface area (Å²) in [4.78, 5) is 30.2. The van der Waals surface area contributed by atoms with Crippen molar-refractivity contribution in [2.45, 2.75) is 43.4 Å². The first-order valence-electron chi connectivity index (χ1n) is 9.29. The highest BCUT2D eigenvalue weighted by atomic mass is 16.5. The fourth-order valence-electron chi connectivity index (χ4n) is 3.59. The first kappa shape index (κ1) is 17.8. The van der Waals surface area contributed by atoms with Gasteiger partial charge in [-0.15, -0.1) is 0 Å². The molecule has 1 aliphatic heterocycles. The van der Waals surface area contributed by atoms with Gasteiger partial charge in [-0.25, -0.2) is 5.10 Å². The van der Waals surface area contributed by atoms with Gasteiger partial charge < -0.3 is 14.2 Å². The molecule has 9 heteroatoms. The smallest absolute Gasteiger partial charge is 0.274 e. The molecule has 9 nitrogen and oxygen atoms in total. The Bertz CT molecular complexity index is 844. The lowest BCUT2D eigenvalue weighted by Gasteiger charge is -2.39. The maximum Gasteiger partial charge on any atom is 0.274 e. The van der Waals surface area contributed by atoms with Crippen LogP contribution in [0.2, 0.25) is 0 Å². The Hall–Kier alpha value is -2.55. The number of rotatable bonds is 6. The predicted molar refractivity (Wildman–Crippen MR) is 94.4 cm³/mol. The van der Waals surface area contributed by atoms with Crippen LogP contribution in [-0.4, -0.2) is 58.0 Å². The molecule has 0 radical (unpaired) electrons. The van der Waals surface area contributed by atoms with E-state index >= 15 is 0 Å². The number of piperidine rings is 1. The second-order valence-corrected chi connectivity index (χ2v) is 7.35. The number of amides is 1. The maximum atomic E-state index is 12.6. The Morgan fingerprint density at radius 1 is 1.37 bits per heavy atom. The fourth-order valence-corrected chi connectivity index (χ4v) is 3.59. The number of methoxy groups -OCH3 is 1. The minimum Gasteiger partial charge on any atom is -0.385 e. The Morgan fingerprint density at radius 3 is 2.78 bits per heavy atom. The summed E-state index contributed by atoms with van der Waals surface area (Å²) in [5.74, 6) is 1.70. The minimum atomic E-state index is -0.327. The Kier molecular flexibility index (Phi) is 4.77. The van der Waals surface area contributed by atoms with Crippen LogP contribution in [0.4, 0.5) is 0 Å². The van der Waals surface area contributed by atoms with Crippen LogP contribution in [0.1, 0.15) is 60.2 Å². The molecule has 1 saturated heterocycles. The van der Waals surface area contributed by atoms with Crippen molar-refractivity contribution in [3.63, 3.8) is 0 Å². The van der Waals surface area contributed by atoms with E-state index in [1.54, 1.807) is 12.0 Å². The average Bonchev–Trinajstić information content (AvgIpc) is 3.43. The first-order chi connectivity index (χ1) is 13.1. The molecule has 2 aromatic rings. The molecule has 27 heavy (non-hydrogen) atoms. The number of aromatic nitrogens is 4. The van der Waals surface area contributed by atoms with Gasteiger partial charge in [-0.1, -0.05) is 5.16 Å². The summed E-state index contributed by atoms with van der Waals surface area (Å²) in [5.41, 5.74) is -0.330. The zero-order chi connectivity index (χ0) is 18.9. The maximum absolute atomic E-state index is 12.6. The van der Waals surface area contributed by atoms with Gasteiger partial charge >= 0.3 is 0 Å². The Balaban J connectivity index is 1.49. The molecule has 1 aliphatic carbocycles. The van der Waals surface area contributed by atoms with E-state index in [9.17, 15) is 9.59 Å². The third-order valence-electron chi connectivity index (χ3n) is 5.53. The van der Waals surface area contributed by atoms with Crippen LogP contribution in [0.25, 0.3) is 0 Å². The summed E-state index contributed by atoms with van der Waals surface area (Å²) in [6.45, 7) is 1.73. The molecular formula is C18H23N5O4. The highest BCUT2D eigenvalue weighted by Gasteiger charge is 2.42. The van der Waals surface area contributed by atoms with Gasteiger partial charge in [0.25, 0.3) is 11.5 Å². The molecule has 0 bridgehead atoms. The number of H-pyrrole nitrogens is 1. The Labute approximate surface area is 156 Å². The largest absolute Gasteiger partial charge is 0.385 e. The summed E-state index contributed by atoms with van der Waals surface area (Å²) >= 11 is 0. The number of aromatic amines is 1. The molecule has 1 N–H and O–H groups in total. The summed E-state index contributed by atoms with van der Waals surface area (Å²) in [5, 5.41) is 10.4. The first-order valence-corrected chi connectivity index (χ1v) is 9.29. The van der Waals surface area contributed by atoms with E-state index in [0.717, 1.165) is 43.8 Å². The van der Waals surface area contributed by atoms with Crippen LogP contribution in [0.15, 0.2) is 21.5 Å². The molecule has 0 unspecified atom stereocenters. The molecule has 2 aliphatic rings. The summed E-state index contributed by atoms with van der Waals surface area (Å²) in [6, 6.07) is 2.76. The van der Waals surface area contributed by atoms with E-state index in [0.29, 0.717) is 25.6 Å².